The Morgan fingerprint density at radius 1 is 1.50 bits per heavy atom. The molecule has 5 nitrogen and oxygen atoms in total. The Kier molecular flexibility index (Phi) is 3.46. The lowest BCUT2D eigenvalue weighted by Crippen LogP contribution is -2.49. The summed E-state index contributed by atoms with van der Waals surface area (Å²) in [4.78, 5) is 24.3. The minimum absolute atomic E-state index is 0.143. The van der Waals surface area contributed by atoms with Crippen molar-refractivity contribution in [3.8, 4) is 0 Å². The number of carbonyl (C=O) groups is 2. The first-order valence-electron chi connectivity index (χ1n) is 4.95. The van der Waals surface area contributed by atoms with E-state index in [-0.39, 0.29) is 12.1 Å². The summed E-state index contributed by atoms with van der Waals surface area (Å²) in [6.45, 7) is 3.97. The summed E-state index contributed by atoms with van der Waals surface area (Å²) < 4.78 is 0. The highest BCUT2D eigenvalue weighted by atomic mass is 16.2. The molecule has 80 valence electrons. The lowest BCUT2D eigenvalue weighted by molar-refractivity contribution is -0.147. The third-order valence-electron chi connectivity index (χ3n) is 2.82. The van der Waals surface area contributed by atoms with E-state index in [2.05, 4.69) is 0 Å². The maximum Gasteiger partial charge on any atom is 0.323 e. The molecular weight excluding hydrogens is 182 g/mol. The fraction of sp³-hybridized carbons (Fsp3) is 0.778. The van der Waals surface area contributed by atoms with Crippen LogP contribution < -0.4 is 11.3 Å². The van der Waals surface area contributed by atoms with Crippen LogP contribution in [0.3, 0.4) is 0 Å². The van der Waals surface area contributed by atoms with Gasteiger partial charge in [-0.05, 0) is 26.2 Å². The van der Waals surface area contributed by atoms with Crippen LogP contribution in [0.1, 0.15) is 33.1 Å². The summed E-state index contributed by atoms with van der Waals surface area (Å²) in [6, 6.07) is 0.333. The summed E-state index contributed by atoms with van der Waals surface area (Å²) in [5, 5.41) is 0. The minimum atomic E-state index is -0.725. The molecule has 14 heavy (non-hydrogen) atoms. The molecule has 0 bridgehead atoms. The van der Waals surface area contributed by atoms with E-state index in [1.165, 1.54) is 0 Å². The topological polar surface area (TPSA) is 75.4 Å². The van der Waals surface area contributed by atoms with Crippen LogP contribution >= 0.6 is 0 Å². The number of nitrogens with zero attached hydrogens (tertiary/aromatic N) is 1. The average Bonchev–Trinajstić information content (AvgIpc) is 2.57. The molecule has 1 fully saturated rings. The molecule has 1 heterocycles. The predicted molar refractivity (Wildman–Crippen MR) is 52.0 cm³/mol. The van der Waals surface area contributed by atoms with Crippen LogP contribution in [0.25, 0.3) is 0 Å². The number of nitrogens with one attached hydrogen (secondary N) is 1. The SMILES string of the molecule is CCC1CCC(C)N1C(=O)C(=O)NN. The number of hydrogen-bond donors (Lipinski definition) is 2. The summed E-state index contributed by atoms with van der Waals surface area (Å²) in [5.41, 5.74) is 1.88. The number of rotatable bonds is 1. The Morgan fingerprint density at radius 2 is 2.14 bits per heavy atom. The van der Waals surface area contributed by atoms with Crippen molar-refractivity contribution in [1.82, 2.24) is 10.3 Å². The third kappa shape index (κ3) is 1.87. The number of amides is 2. The van der Waals surface area contributed by atoms with Gasteiger partial charge in [0.25, 0.3) is 0 Å². The van der Waals surface area contributed by atoms with Gasteiger partial charge >= 0.3 is 11.8 Å². The molecule has 0 aliphatic carbocycles. The van der Waals surface area contributed by atoms with Gasteiger partial charge in [0.1, 0.15) is 0 Å². The Labute approximate surface area is 83.6 Å². The largest absolute Gasteiger partial charge is 0.329 e. The van der Waals surface area contributed by atoms with E-state index in [1.807, 2.05) is 19.3 Å². The third-order valence-corrected chi connectivity index (χ3v) is 2.82. The fourth-order valence-corrected chi connectivity index (χ4v) is 2.02. The number of hydrazine groups is 1. The number of carbonyl (C=O) groups excluding carboxylic acids is 2. The molecule has 0 saturated carbocycles. The van der Waals surface area contributed by atoms with Crippen LogP contribution in [0.4, 0.5) is 0 Å². The van der Waals surface area contributed by atoms with Crippen molar-refractivity contribution in [2.75, 3.05) is 0 Å². The molecule has 2 amide bonds. The van der Waals surface area contributed by atoms with E-state index in [0.717, 1.165) is 19.3 Å². The number of hydrogen-bond acceptors (Lipinski definition) is 3. The van der Waals surface area contributed by atoms with Crippen LogP contribution in [-0.4, -0.2) is 28.8 Å². The normalized spacial score (nSPS) is 26.4. The van der Waals surface area contributed by atoms with Gasteiger partial charge in [0, 0.05) is 12.1 Å². The van der Waals surface area contributed by atoms with Crippen molar-refractivity contribution in [1.29, 1.82) is 0 Å². The molecule has 1 saturated heterocycles. The highest BCUT2D eigenvalue weighted by Gasteiger charge is 2.35. The van der Waals surface area contributed by atoms with Crippen molar-refractivity contribution >= 4 is 11.8 Å². The zero-order chi connectivity index (χ0) is 10.7. The number of likely N-dealkylation sites (tertiary alicyclic amines) is 1. The van der Waals surface area contributed by atoms with Crippen molar-refractivity contribution in [3.05, 3.63) is 0 Å². The van der Waals surface area contributed by atoms with Gasteiger partial charge in [0.05, 0.1) is 0 Å². The van der Waals surface area contributed by atoms with Gasteiger partial charge in [0.15, 0.2) is 0 Å². The average molecular weight is 199 g/mol. The first-order chi connectivity index (χ1) is 6.61. The number of nitrogens with two attached hydrogens (primary N) is 1. The molecule has 0 aromatic rings. The van der Waals surface area contributed by atoms with Gasteiger partial charge < -0.3 is 4.90 Å². The molecule has 1 aliphatic heterocycles. The molecular formula is C9H17N3O2. The predicted octanol–water partition coefficient (Wildman–Crippen LogP) is -0.234. The van der Waals surface area contributed by atoms with Crippen molar-refractivity contribution in [3.63, 3.8) is 0 Å². The van der Waals surface area contributed by atoms with Crippen LogP contribution in [-0.2, 0) is 9.59 Å². The Morgan fingerprint density at radius 3 is 2.64 bits per heavy atom. The summed E-state index contributed by atoms with van der Waals surface area (Å²) in [5.74, 6) is 3.69. The van der Waals surface area contributed by atoms with E-state index in [4.69, 9.17) is 5.84 Å². The summed E-state index contributed by atoms with van der Waals surface area (Å²) in [6.07, 6.45) is 2.82. The first kappa shape index (κ1) is 11.0. The zero-order valence-electron chi connectivity index (χ0n) is 8.62. The molecule has 0 radical (unpaired) electrons. The van der Waals surface area contributed by atoms with E-state index in [9.17, 15) is 9.59 Å². The Balaban J connectivity index is 2.73. The second kappa shape index (κ2) is 4.41. The maximum atomic E-state index is 11.6. The highest BCUT2D eigenvalue weighted by molar-refractivity contribution is 6.35. The maximum absolute atomic E-state index is 11.6. The van der Waals surface area contributed by atoms with Gasteiger partial charge in [0.2, 0.25) is 0 Å². The van der Waals surface area contributed by atoms with E-state index >= 15 is 0 Å². The molecule has 1 rings (SSSR count). The molecule has 3 N–H and O–H groups in total. The van der Waals surface area contributed by atoms with E-state index in [1.54, 1.807) is 4.90 Å². The van der Waals surface area contributed by atoms with Crippen LogP contribution in [0.5, 0.6) is 0 Å². The molecule has 5 heteroatoms. The lowest BCUT2D eigenvalue weighted by Gasteiger charge is -2.26. The van der Waals surface area contributed by atoms with Gasteiger partial charge in [-0.2, -0.15) is 0 Å². The van der Waals surface area contributed by atoms with Crippen molar-refractivity contribution < 1.29 is 9.59 Å². The smallest absolute Gasteiger partial charge is 0.323 e. The van der Waals surface area contributed by atoms with Crippen molar-refractivity contribution in [2.24, 2.45) is 5.84 Å². The second-order valence-corrected chi connectivity index (χ2v) is 3.67. The molecule has 1 aliphatic rings. The fourth-order valence-electron chi connectivity index (χ4n) is 2.02. The molecule has 2 atom stereocenters. The molecule has 0 aromatic carbocycles. The Bertz CT molecular complexity index is 242. The first-order valence-corrected chi connectivity index (χ1v) is 4.95. The van der Waals surface area contributed by atoms with Crippen LogP contribution in [0.2, 0.25) is 0 Å². The lowest BCUT2D eigenvalue weighted by atomic mass is 10.1. The summed E-state index contributed by atoms with van der Waals surface area (Å²) >= 11 is 0. The second-order valence-electron chi connectivity index (χ2n) is 3.67. The van der Waals surface area contributed by atoms with Crippen LogP contribution in [0.15, 0.2) is 0 Å². The van der Waals surface area contributed by atoms with Gasteiger partial charge in [-0.3, -0.25) is 15.0 Å². The summed E-state index contributed by atoms with van der Waals surface area (Å²) in [7, 11) is 0. The van der Waals surface area contributed by atoms with E-state index in [0.29, 0.717) is 0 Å². The monoisotopic (exact) mass is 199 g/mol. The zero-order valence-corrected chi connectivity index (χ0v) is 8.62. The van der Waals surface area contributed by atoms with Crippen molar-refractivity contribution in [2.45, 2.75) is 45.2 Å². The molecule has 0 aromatic heterocycles. The Hall–Kier alpha value is -1.10. The highest BCUT2D eigenvalue weighted by Crippen LogP contribution is 2.25. The standard InChI is InChI=1S/C9H17N3O2/c1-3-7-5-4-6(2)12(7)9(14)8(13)11-10/h6-7H,3-5,10H2,1-2H3,(H,11,13). The van der Waals surface area contributed by atoms with Gasteiger partial charge in [-0.1, -0.05) is 6.92 Å². The van der Waals surface area contributed by atoms with E-state index < -0.39 is 11.8 Å². The molecule has 0 spiro atoms. The molecule has 2 unspecified atom stereocenters. The van der Waals surface area contributed by atoms with Gasteiger partial charge in [-0.15, -0.1) is 0 Å². The minimum Gasteiger partial charge on any atom is -0.329 e. The van der Waals surface area contributed by atoms with Crippen LogP contribution in [0, 0.1) is 0 Å². The quantitative estimate of drug-likeness (QED) is 0.265. The van der Waals surface area contributed by atoms with Gasteiger partial charge in [-0.25, -0.2) is 5.84 Å².